The van der Waals surface area contributed by atoms with Crippen LogP contribution in [0.15, 0.2) is 34.3 Å². The van der Waals surface area contributed by atoms with Crippen molar-refractivity contribution in [1.29, 1.82) is 0 Å². The third kappa shape index (κ3) is 3.28. The van der Waals surface area contributed by atoms with Gasteiger partial charge in [0.2, 0.25) is 0 Å². The van der Waals surface area contributed by atoms with Crippen LogP contribution in [0.2, 0.25) is 0 Å². The normalized spacial score (nSPS) is 17.8. The molecule has 2 rings (SSSR count). The average molecular weight is 303 g/mol. The van der Waals surface area contributed by atoms with Crippen LogP contribution >= 0.6 is 23.2 Å². The van der Waals surface area contributed by atoms with Crippen molar-refractivity contribution in [1.82, 2.24) is 0 Å². The lowest BCUT2D eigenvalue weighted by molar-refractivity contribution is -0.151. The summed E-state index contributed by atoms with van der Waals surface area (Å²) < 4.78 is 9.62. The molecule has 1 aliphatic rings. The summed E-state index contributed by atoms with van der Waals surface area (Å²) in [6.07, 6.45) is -1.26. The molecule has 1 aromatic rings. The number of hydrogen-bond donors (Lipinski definition) is 0. The molecule has 0 saturated carbocycles. The third-order valence-electron chi connectivity index (χ3n) is 2.31. The van der Waals surface area contributed by atoms with Crippen LogP contribution in [0.3, 0.4) is 0 Å². The zero-order chi connectivity index (χ0) is 13.3. The molecule has 0 radical (unpaired) electrons. The molecule has 0 aromatic heterocycles. The molecule has 0 fully saturated rings. The van der Waals surface area contributed by atoms with Crippen LogP contribution in [0.5, 0.6) is 0 Å². The molecule has 0 aliphatic carbocycles. The van der Waals surface area contributed by atoms with Gasteiger partial charge in [-0.3, -0.25) is 0 Å². The fourth-order valence-electron chi connectivity index (χ4n) is 1.33. The number of carbonyl (C=O) groups excluding carboxylic acids is 2. The zero-order valence-electron chi connectivity index (χ0n) is 9.28. The van der Waals surface area contributed by atoms with Crippen molar-refractivity contribution in [2.24, 2.45) is 0 Å². The molecule has 1 heterocycles. The van der Waals surface area contributed by atoms with E-state index in [1.165, 1.54) is 0 Å². The van der Waals surface area contributed by atoms with Gasteiger partial charge in [-0.2, -0.15) is 0 Å². The Hall–Kier alpha value is -1.52. The van der Waals surface area contributed by atoms with Gasteiger partial charge in [-0.25, -0.2) is 9.59 Å². The van der Waals surface area contributed by atoms with Crippen LogP contribution in [0.1, 0.15) is 23.3 Å². The lowest BCUT2D eigenvalue weighted by Crippen LogP contribution is -2.19. The Bertz CT molecular complexity index is 534. The number of ether oxygens (including phenoxy) is 2. The standard InChI is InChI=1S/C12H8Cl2O4.CH4/c1-6-2-4-7(5-3-6)10(15)17-12-9(14)8(13)11(16)18-12;/h2-5,12H,1H3;1H4. The highest BCUT2D eigenvalue weighted by atomic mass is 35.5. The van der Waals surface area contributed by atoms with E-state index in [9.17, 15) is 9.59 Å². The van der Waals surface area contributed by atoms with E-state index < -0.39 is 18.2 Å². The minimum Gasteiger partial charge on any atom is -0.416 e. The van der Waals surface area contributed by atoms with Gasteiger partial charge in [0.25, 0.3) is 6.29 Å². The van der Waals surface area contributed by atoms with Crippen LogP contribution in [0.25, 0.3) is 0 Å². The van der Waals surface area contributed by atoms with Crippen molar-refractivity contribution in [3.8, 4) is 0 Å². The van der Waals surface area contributed by atoms with Crippen molar-refractivity contribution < 1.29 is 19.1 Å². The van der Waals surface area contributed by atoms with Crippen molar-refractivity contribution >= 4 is 35.1 Å². The molecular formula is C13H12Cl2O4. The molecule has 1 aliphatic heterocycles. The fraction of sp³-hybridized carbons (Fsp3) is 0.231. The zero-order valence-corrected chi connectivity index (χ0v) is 10.8. The summed E-state index contributed by atoms with van der Waals surface area (Å²) in [5, 5.41) is -0.388. The number of halogens is 2. The van der Waals surface area contributed by atoms with Gasteiger partial charge in [0.15, 0.2) is 0 Å². The highest BCUT2D eigenvalue weighted by Gasteiger charge is 2.35. The van der Waals surface area contributed by atoms with Crippen molar-refractivity contribution in [3.63, 3.8) is 0 Å². The second-order valence-corrected chi connectivity index (χ2v) is 4.46. The van der Waals surface area contributed by atoms with Crippen LogP contribution < -0.4 is 0 Å². The van der Waals surface area contributed by atoms with E-state index in [0.717, 1.165) is 5.56 Å². The van der Waals surface area contributed by atoms with E-state index in [4.69, 9.17) is 27.9 Å². The lowest BCUT2D eigenvalue weighted by atomic mass is 10.1. The van der Waals surface area contributed by atoms with Gasteiger partial charge < -0.3 is 9.47 Å². The summed E-state index contributed by atoms with van der Waals surface area (Å²) in [6.45, 7) is 1.90. The van der Waals surface area contributed by atoms with E-state index >= 15 is 0 Å². The van der Waals surface area contributed by atoms with E-state index in [1.54, 1.807) is 24.3 Å². The molecule has 0 N–H and O–H groups in total. The van der Waals surface area contributed by atoms with Crippen molar-refractivity contribution in [2.45, 2.75) is 20.6 Å². The maximum Gasteiger partial charge on any atom is 0.354 e. The van der Waals surface area contributed by atoms with Crippen molar-refractivity contribution in [2.75, 3.05) is 0 Å². The number of hydrogen-bond acceptors (Lipinski definition) is 4. The predicted molar refractivity (Wildman–Crippen MR) is 71.9 cm³/mol. The molecule has 19 heavy (non-hydrogen) atoms. The molecule has 4 nitrogen and oxygen atoms in total. The van der Waals surface area contributed by atoms with Gasteiger partial charge in [0.05, 0.1) is 5.56 Å². The van der Waals surface area contributed by atoms with Crippen LogP contribution in [-0.2, 0) is 14.3 Å². The molecule has 0 bridgehead atoms. The largest absolute Gasteiger partial charge is 0.416 e. The number of esters is 2. The summed E-state index contributed by atoms with van der Waals surface area (Å²) in [5.74, 6) is -1.44. The summed E-state index contributed by atoms with van der Waals surface area (Å²) >= 11 is 11.2. The Morgan fingerprint density at radius 1 is 1.26 bits per heavy atom. The minimum atomic E-state index is -1.26. The van der Waals surface area contributed by atoms with Gasteiger partial charge in [0, 0.05) is 0 Å². The number of aryl methyl sites for hydroxylation is 1. The summed E-state index contributed by atoms with van der Waals surface area (Å²) in [6, 6.07) is 6.74. The molecule has 0 saturated heterocycles. The van der Waals surface area contributed by atoms with Gasteiger partial charge in [-0.1, -0.05) is 48.3 Å². The summed E-state index contributed by atoms with van der Waals surface area (Å²) in [4.78, 5) is 22.8. The first-order valence-corrected chi connectivity index (χ1v) is 5.78. The van der Waals surface area contributed by atoms with E-state index in [1.807, 2.05) is 6.92 Å². The first-order chi connectivity index (χ1) is 8.49. The van der Waals surface area contributed by atoms with E-state index in [-0.39, 0.29) is 17.5 Å². The maximum atomic E-state index is 11.7. The highest BCUT2D eigenvalue weighted by molar-refractivity contribution is 6.48. The van der Waals surface area contributed by atoms with E-state index in [2.05, 4.69) is 4.74 Å². The third-order valence-corrected chi connectivity index (χ3v) is 3.13. The number of cyclic esters (lactones) is 1. The minimum absolute atomic E-state index is 0. The molecule has 1 unspecified atom stereocenters. The summed E-state index contributed by atoms with van der Waals surface area (Å²) in [7, 11) is 0. The smallest absolute Gasteiger partial charge is 0.354 e. The monoisotopic (exact) mass is 302 g/mol. The van der Waals surface area contributed by atoms with Gasteiger partial charge in [0.1, 0.15) is 10.1 Å². The maximum absolute atomic E-state index is 11.7. The Morgan fingerprint density at radius 3 is 2.32 bits per heavy atom. The Kier molecular flexibility index (Phi) is 4.97. The predicted octanol–water partition coefficient (Wildman–Crippen LogP) is 3.36. The highest BCUT2D eigenvalue weighted by Crippen LogP contribution is 2.29. The number of rotatable bonds is 2. The van der Waals surface area contributed by atoms with Gasteiger partial charge in [-0.15, -0.1) is 0 Å². The SMILES string of the molecule is C.Cc1ccc(C(=O)OC2OC(=O)C(Cl)=C2Cl)cc1. The Morgan fingerprint density at radius 2 is 1.84 bits per heavy atom. The Labute approximate surface area is 120 Å². The second kappa shape index (κ2) is 6.08. The summed E-state index contributed by atoms with van der Waals surface area (Å²) in [5.41, 5.74) is 1.35. The second-order valence-electron chi connectivity index (χ2n) is 3.67. The molecule has 0 spiro atoms. The first-order valence-electron chi connectivity index (χ1n) is 5.03. The van der Waals surface area contributed by atoms with E-state index in [0.29, 0.717) is 5.56 Å². The molecule has 1 aromatic carbocycles. The van der Waals surface area contributed by atoms with Crippen LogP contribution in [0.4, 0.5) is 0 Å². The van der Waals surface area contributed by atoms with Crippen molar-refractivity contribution in [3.05, 3.63) is 45.5 Å². The van der Waals surface area contributed by atoms with Gasteiger partial charge in [-0.05, 0) is 19.1 Å². The molecule has 6 heteroatoms. The topological polar surface area (TPSA) is 52.6 Å². The molecular weight excluding hydrogens is 291 g/mol. The average Bonchev–Trinajstić information content (AvgIpc) is 2.58. The van der Waals surface area contributed by atoms with Crippen LogP contribution in [-0.4, -0.2) is 18.2 Å². The molecule has 102 valence electrons. The number of carbonyl (C=O) groups is 2. The molecule has 0 amide bonds. The molecule has 1 atom stereocenters. The quantitative estimate of drug-likeness (QED) is 0.786. The Balaban J connectivity index is 0.00000180. The number of benzene rings is 1. The fourth-order valence-corrected chi connectivity index (χ4v) is 1.63. The van der Waals surface area contributed by atoms with Gasteiger partial charge >= 0.3 is 11.9 Å². The van der Waals surface area contributed by atoms with Crippen LogP contribution in [0, 0.1) is 6.92 Å². The first kappa shape index (κ1) is 15.5. The lowest BCUT2D eigenvalue weighted by Gasteiger charge is -2.11.